The number of anilines is 1. The Morgan fingerprint density at radius 2 is 1.90 bits per heavy atom. The summed E-state index contributed by atoms with van der Waals surface area (Å²) in [7, 11) is 0. The fraction of sp³-hybridized carbons (Fsp3) is 0.0625. The van der Waals surface area contributed by atoms with E-state index in [1.54, 1.807) is 24.3 Å². The molecule has 0 aliphatic carbocycles. The van der Waals surface area contributed by atoms with Crippen LogP contribution in [0, 0.1) is 6.92 Å². The predicted molar refractivity (Wildman–Crippen MR) is 87.5 cm³/mol. The van der Waals surface area contributed by atoms with E-state index in [-0.39, 0.29) is 5.91 Å². The van der Waals surface area contributed by atoms with Gasteiger partial charge in [-0.3, -0.25) is 4.79 Å². The Morgan fingerprint density at radius 1 is 1.10 bits per heavy atom. The highest BCUT2D eigenvalue weighted by Gasteiger charge is 2.12. The molecule has 5 heteroatoms. The van der Waals surface area contributed by atoms with Crippen molar-refractivity contribution in [2.75, 3.05) is 5.32 Å². The first-order valence-electron chi connectivity index (χ1n) is 6.39. The van der Waals surface area contributed by atoms with Crippen LogP contribution in [0.25, 0.3) is 10.9 Å². The lowest BCUT2D eigenvalue weighted by Crippen LogP contribution is -2.12. The maximum absolute atomic E-state index is 12.4. The molecule has 0 saturated carbocycles. The van der Waals surface area contributed by atoms with E-state index in [1.165, 1.54) is 0 Å². The minimum Gasteiger partial charge on any atom is -0.359 e. The highest BCUT2D eigenvalue weighted by molar-refractivity contribution is 6.42. The molecule has 1 amide bonds. The number of benzene rings is 2. The number of carbonyl (C=O) groups excluding carboxylic acids is 1. The van der Waals surface area contributed by atoms with Crippen LogP contribution in [0.3, 0.4) is 0 Å². The Kier molecular flexibility index (Phi) is 3.62. The molecule has 0 aliphatic heterocycles. The van der Waals surface area contributed by atoms with Crippen molar-refractivity contribution in [2.24, 2.45) is 0 Å². The van der Waals surface area contributed by atoms with Crippen molar-refractivity contribution in [3.8, 4) is 0 Å². The van der Waals surface area contributed by atoms with Gasteiger partial charge in [-0.15, -0.1) is 0 Å². The van der Waals surface area contributed by atoms with Crippen LogP contribution >= 0.6 is 23.2 Å². The molecule has 0 saturated heterocycles. The molecule has 0 unspecified atom stereocenters. The number of nitrogens with one attached hydrogen (secondary N) is 2. The number of carbonyl (C=O) groups is 1. The summed E-state index contributed by atoms with van der Waals surface area (Å²) in [5.74, 6) is -0.182. The van der Waals surface area contributed by atoms with Crippen molar-refractivity contribution in [3.63, 3.8) is 0 Å². The lowest BCUT2D eigenvalue weighted by molar-refractivity contribution is 0.102. The zero-order valence-electron chi connectivity index (χ0n) is 11.2. The van der Waals surface area contributed by atoms with Gasteiger partial charge in [0.15, 0.2) is 0 Å². The van der Waals surface area contributed by atoms with Gasteiger partial charge in [0.1, 0.15) is 0 Å². The van der Waals surface area contributed by atoms with Crippen LogP contribution in [0.4, 0.5) is 5.69 Å². The van der Waals surface area contributed by atoms with E-state index in [2.05, 4.69) is 10.3 Å². The Balaban J connectivity index is 1.95. The third kappa shape index (κ3) is 2.75. The van der Waals surface area contributed by atoms with Gasteiger partial charge < -0.3 is 10.3 Å². The number of H-pyrrole nitrogens is 1. The maximum atomic E-state index is 12.4. The topological polar surface area (TPSA) is 44.9 Å². The first kappa shape index (κ1) is 14.0. The van der Waals surface area contributed by atoms with Crippen LogP contribution in [0.15, 0.2) is 42.5 Å². The van der Waals surface area contributed by atoms with Gasteiger partial charge in [-0.05, 0) is 43.3 Å². The standard InChI is InChI=1S/C16H12Cl2N2O/c1-9-7-12-11(3-2-4-15(12)19-9)16(21)20-10-5-6-13(17)14(18)8-10/h2-8,19H,1H3,(H,20,21). The fourth-order valence-electron chi connectivity index (χ4n) is 2.27. The van der Waals surface area contributed by atoms with Gasteiger partial charge >= 0.3 is 0 Å². The van der Waals surface area contributed by atoms with E-state index >= 15 is 0 Å². The summed E-state index contributed by atoms with van der Waals surface area (Å²) in [6.07, 6.45) is 0. The lowest BCUT2D eigenvalue weighted by Gasteiger charge is -2.07. The van der Waals surface area contributed by atoms with Gasteiger partial charge in [-0.25, -0.2) is 0 Å². The number of fused-ring (bicyclic) bond motifs is 1. The van der Waals surface area contributed by atoms with Crippen LogP contribution in [-0.4, -0.2) is 10.9 Å². The third-order valence-electron chi connectivity index (χ3n) is 3.22. The van der Waals surface area contributed by atoms with Gasteiger partial charge in [0, 0.05) is 27.8 Å². The molecule has 0 bridgehead atoms. The first-order chi connectivity index (χ1) is 10.0. The van der Waals surface area contributed by atoms with Crippen LogP contribution in [0.2, 0.25) is 10.0 Å². The van der Waals surface area contributed by atoms with Gasteiger partial charge in [0.05, 0.1) is 10.0 Å². The van der Waals surface area contributed by atoms with Crippen molar-refractivity contribution in [3.05, 3.63) is 63.8 Å². The molecule has 106 valence electrons. The zero-order chi connectivity index (χ0) is 15.0. The predicted octanol–water partition coefficient (Wildman–Crippen LogP) is 5.04. The van der Waals surface area contributed by atoms with E-state index in [9.17, 15) is 4.79 Å². The third-order valence-corrected chi connectivity index (χ3v) is 3.96. The number of aryl methyl sites for hydroxylation is 1. The molecule has 0 fully saturated rings. The van der Waals surface area contributed by atoms with Crippen molar-refractivity contribution >= 4 is 45.7 Å². The summed E-state index contributed by atoms with van der Waals surface area (Å²) in [6.45, 7) is 1.96. The molecular formula is C16H12Cl2N2O. The largest absolute Gasteiger partial charge is 0.359 e. The maximum Gasteiger partial charge on any atom is 0.256 e. The molecule has 0 aliphatic rings. The average molecular weight is 319 g/mol. The minimum absolute atomic E-state index is 0.182. The van der Waals surface area contributed by atoms with Crippen LogP contribution in [0.1, 0.15) is 16.1 Å². The van der Waals surface area contributed by atoms with Crippen molar-refractivity contribution in [2.45, 2.75) is 6.92 Å². The average Bonchev–Trinajstić information content (AvgIpc) is 2.82. The number of amides is 1. The summed E-state index contributed by atoms with van der Waals surface area (Å²) in [5.41, 5.74) is 3.18. The molecule has 0 spiro atoms. The monoisotopic (exact) mass is 318 g/mol. The number of hydrogen-bond donors (Lipinski definition) is 2. The molecule has 2 N–H and O–H groups in total. The molecule has 0 radical (unpaired) electrons. The molecule has 3 rings (SSSR count). The summed E-state index contributed by atoms with van der Waals surface area (Å²) >= 11 is 11.8. The van der Waals surface area contributed by atoms with Crippen molar-refractivity contribution in [1.29, 1.82) is 0 Å². The zero-order valence-corrected chi connectivity index (χ0v) is 12.7. The summed E-state index contributed by atoms with van der Waals surface area (Å²) in [5, 5.41) is 4.59. The molecule has 1 heterocycles. The summed E-state index contributed by atoms with van der Waals surface area (Å²) in [4.78, 5) is 15.6. The van der Waals surface area contributed by atoms with Crippen molar-refractivity contribution in [1.82, 2.24) is 4.98 Å². The van der Waals surface area contributed by atoms with E-state index in [0.29, 0.717) is 21.3 Å². The van der Waals surface area contributed by atoms with E-state index in [0.717, 1.165) is 16.6 Å². The number of hydrogen-bond acceptors (Lipinski definition) is 1. The second-order valence-corrected chi connectivity index (χ2v) is 5.62. The highest BCUT2D eigenvalue weighted by atomic mass is 35.5. The lowest BCUT2D eigenvalue weighted by atomic mass is 10.1. The second kappa shape index (κ2) is 5.43. The Morgan fingerprint density at radius 3 is 2.67 bits per heavy atom. The highest BCUT2D eigenvalue weighted by Crippen LogP contribution is 2.26. The van der Waals surface area contributed by atoms with Crippen molar-refractivity contribution < 1.29 is 4.79 Å². The van der Waals surface area contributed by atoms with Gasteiger partial charge in [-0.1, -0.05) is 29.3 Å². The van der Waals surface area contributed by atoms with Crippen LogP contribution < -0.4 is 5.32 Å². The van der Waals surface area contributed by atoms with Gasteiger partial charge in [0.25, 0.3) is 5.91 Å². The van der Waals surface area contributed by atoms with E-state index in [1.807, 2.05) is 25.1 Å². The number of rotatable bonds is 2. The smallest absolute Gasteiger partial charge is 0.256 e. The second-order valence-electron chi connectivity index (χ2n) is 4.80. The van der Waals surface area contributed by atoms with Gasteiger partial charge in [0.2, 0.25) is 0 Å². The van der Waals surface area contributed by atoms with E-state index < -0.39 is 0 Å². The molecule has 3 aromatic rings. The summed E-state index contributed by atoms with van der Waals surface area (Å²) < 4.78 is 0. The van der Waals surface area contributed by atoms with Gasteiger partial charge in [-0.2, -0.15) is 0 Å². The fourth-order valence-corrected chi connectivity index (χ4v) is 2.56. The summed E-state index contributed by atoms with van der Waals surface area (Å²) in [6, 6.07) is 12.5. The SMILES string of the molecule is Cc1cc2c(C(=O)Nc3ccc(Cl)c(Cl)c3)cccc2[nH]1. The Hall–Kier alpha value is -1.97. The van der Waals surface area contributed by atoms with Crippen LogP contribution in [-0.2, 0) is 0 Å². The molecule has 3 nitrogen and oxygen atoms in total. The van der Waals surface area contributed by atoms with Crippen LogP contribution in [0.5, 0.6) is 0 Å². The number of aromatic amines is 1. The molecular weight excluding hydrogens is 307 g/mol. The normalized spacial score (nSPS) is 10.8. The van der Waals surface area contributed by atoms with E-state index in [4.69, 9.17) is 23.2 Å². The Bertz CT molecular complexity index is 839. The Labute approximate surface area is 131 Å². The minimum atomic E-state index is -0.182. The number of halogens is 2. The quantitative estimate of drug-likeness (QED) is 0.683. The molecule has 0 atom stereocenters. The molecule has 21 heavy (non-hydrogen) atoms. The molecule has 2 aromatic carbocycles. The number of aromatic nitrogens is 1. The first-order valence-corrected chi connectivity index (χ1v) is 7.15. The molecule has 1 aromatic heterocycles.